The van der Waals surface area contributed by atoms with E-state index in [9.17, 15) is 0 Å². The Labute approximate surface area is 117 Å². The van der Waals surface area contributed by atoms with Gasteiger partial charge in [0.05, 0.1) is 11.4 Å². The van der Waals surface area contributed by atoms with Crippen LogP contribution in [0, 0.1) is 6.92 Å². The number of hydrogen-bond acceptors (Lipinski definition) is 3. The van der Waals surface area contributed by atoms with Gasteiger partial charge in [-0.25, -0.2) is 4.98 Å². The van der Waals surface area contributed by atoms with Crippen LogP contribution < -0.4 is 5.32 Å². The summed E-state index contributed by atoms with van der Waals surface area (Å²) in [5, 5.41) is 3.68. The van der Waals surface area contributed by atoms with Gasteiger partial charge in [-0.2, -0.15) is 0 Å². The highest BCUT2D eigenvalue weighted by atomic mass is 79.9. The lowest BCUT2D eigenvalue weighted by molar-refractivity contribution is 0.188. The normalized spacial score (nSPS) is 28.1. The summed E-state index contributed by atoms with van der Waals surface area (Å²) in [6, 6.07) is 5.58. The van der Waals surface area contributed by atoms with Crippen molar-refractivity contribution in [3.8, 4) is 0 Å². The predicted molar refractivity (Wildman–Crippen MR) is 77.9 cm³/mol. The zero-order valence-electron chi connectivity index (χ0n) is 10.8. The summed E-state index contributed by atoms with van der Waals surface area (Å²) in [6.07, 6.45) is 5.31. The molecule has 2 atom stereocenters. The molecule has 2 aliphatic rings. The van der Waals surface area contributed by atoms with Crippen molar-refractivity contribution in [3.63, 3.8) is 0 Å². The van der Waals surface area contributed by atoms with Gasteiger partial charge in [0.15, 0.2) is 0 Å². The van der Waals surface area contributed by atoms with Crippen LogP contribution in [0.1, 0.15) is 31.4 Å². The molecule has 3 rings (SSSR count). The Morgan fingerprint density at radius 2 is 2.22 bits per heavy atom. The lowest BCUT2D eigenvalue weighted by Gasteiger charge is -2.35. The summed E-state index contributed by atoms with van der Waals surface area (Å²) in [5.74, 6) is 0. The fraction of sp³-hybridized carbons (Fsp3) is 0.643. The Morgan fingerprint density at radius 3 is 3.06 bits per heavy atom. The number of aromatic nitrogens is 1. The number of pyridine rings is 1. The molecule has 0 spiro atoms. The fourth-order valence-corrected chi connectivity index (χ4v) is 3.66. The van der Waals surface area contributed by atoms with Gasteiger partial charge in [-0.05, 0) is 67.2 Å². The number of halogens is 1. The Hall–Kier alpha value is -0.610. The quantitative estimate of drug-likeness (QED) is 0.850. The van der Waals surface area contributed by atoms with E-state index in [2.05, 4.69) is 44.1 Å². The molecule has 1 N–H and O–H groups in total. The van der Waals surface area contributed by atoms with Gasteiger partial charge >= 0.3 is 0 Å². The molecule has 2 aliphatic heterocycles. The number of rotatable bonds is 2. The average molecular weight is 310 g/mol. The summed E-state index contributed by atoms with van der Waals surface area (Å²) in [5.41, 5.74) is 2.27. The number of aryl methyl sites for hydroxylation is 1. The summed E-state index contributed by atoms with van der Waals surface area (Å²) < 4.78 is 0.913. The number of hydrogen-bond donors (Lipinski definition) is 1. The maximum atomic E-state index is 4.45. The molecular weight excluding hydrogens is 290 g/mol. The summed E-state index contributed by atoms with van der Waals surface area (Å²) in [7, 11) is 0. The second-order valence-electron chi connectivity index (χ2n) is 5.46. The molecule has 18 heavy (non-hydrogen) atoms. The molecule has 0 aliphatic carbocycles. The van der Waals surface area contributed by atoms with E-state index < -0.39 is 0 Å². The molecule has 0 amide bonds. The van der Waals surface area contributed by atoms with Crippen molar-refractivity contribution in [2.75, 3.05) is 18.4 Å². The maximum absolute atomic E-state index is 4.45. The van der Waals surface area contributed by atoms with Crippen LogP contribution >= 0.6 is 15.9 Å². The van der Waals surface area contributed by atoms with Crippen molar-refractivity contribution < 1.29 is 0 Å². The lowest BCUT2D eigenvalue weighted by atomic mass is 9.97. The minimum Gasteiger partial charge on any atom is -0.381 e. The van der Waals surface area contributed by atoms with Gasteiger partial charge in [-0.15, -0.1) is 0 Å². The summed E-state index contributed by atoms with van der Waals surface area (Å²) in [4.78, 5) is 7.11. The number of nitrogens with one attached hydrogen (secondary N) is 1. The molecule has 0 radical (unpaired) electrons. The molecule has 2 saturated heterocycles. The highest BCUT2D eigenvalue weighted by molar-refractivity contribution is 9.10. The van der Waals surface area contributed by atoms with E-state index >= 15 is 0 Å². The van der Waals surface area contributed by atoms with E-state index in [1.54, 1.807) is 0 Å². The molecule has 4 heteroatoms. The van der Waals surface area contributed by atoms with Crippen LogP contribution in [0.3, 0.4) is 0 Å². The first kappa shape index (κ1) is 12.4. The van der Waals surface area contributed by atoms with Gasteiger partial charge in [-0.1, -0.05) is 0 Å². The first-order chi connectivity index (χ1) is 8.72. The molecule has 0 aromatic carbocycles. The Balaban J connectivity index is 1.66. The van der Waals surface area contributed by atoms with Crippen molar-refractivity contribution >= 4 is 21.6 Å². The number of anilines is 1. The highest BCUT2D eigenvalue weighted by Crippen LogP contribution is 2.29. The lowest BCUT2D eigenvalue weighted by Crippen LogP contribution is -2.42. The minimum absolute atomic E-state index is 0.617. The molecule has 3 nitrogen and oxygen atoms in total. The molecule has 1 aromatic rings. The third-order valence-electron chi connectivity index (χ3n) is 4.23. The third kappa shape index (κ3) is 2.54. The maximum Gasteiger partial charge on any atom is 0.106 e. The first-order valence-corrected chi connectivity index (χ1v) is 7.65. The predicted octanol–water partition coefficient (Wildman–Crippen LogP) is 3.19. The van der Waals surface area contributed by atoms with E-state index in [1.165, 1.54) is 44.5 Å². The zero-order chi connectivity index (χ0) is 12.5. The van der Waals surface area contributed by atoms with Crippen molar-refractivity contribution in [2.24, 2.45) is 0 Å². The minimum atomic E-state index is 0.617. The molecule has 0 saturated carbocycles. The molecule has 0 bridgehead atoms. The van der Waals surface area contributed by atoms with Crippen molar-refractivity contribution in [1.82, 2.24) is 9.88 Å². The topological polar surface area (TPSA) is 28.2 Å². The Kier molecular flexibility index (Phi) is 3.57. The average Bonchev–Trinajstić information content (AvgIpc) is 2.80. The van der Waals surface area contributed by atoms with Crippen LogP contribution in [0.2, 0.25) is 0 Å². The number of fused-ring (bicyclic) bond motifs is 1. The van der Waals surface area contributed by atoms with Gasteiger partial charge in [0.1, 0.15) is 4.60 Å². The van der Waals surface area contributed by atoms with Gasteiger partial charge in [0.2, 0.25) is 0 Å². The largest absolute Gasteiger partial charge is 0.381 e. The van der Waals surface area contributed by atoms with Gasteiger partial charge in [0, 0.05) is 18.6 Å². The van der Waals surface area contributed by atoms with Crippen LogP contribution in [0.25, 0.3) is 0 Å². The monoisotopic (exact) mass is 309 g/mol. The molecule has 2 fully saturated rings. The highest BCUT2D eigenvalue weighted by Gasteiger charge is 2.31. The number of nitrogens with zero attached hydrogens (tertiary/aromatic N) is 2. The van der Waals surface area contributed by atoms with Crippen LogP contribution in [-0.4, -0.2) is 35.1 Å². The van der Waals surface area contributed by atoms with Crippen molar-refractivity contribution in [3.05, 3.63) is 22.4 Å². The van der Waals surface area contributed by atoms with Gasteiger partial charge < -0.3 is 10.2 Å². The molecule has 1 aromatic heterocycles. The number of piperidine rings is 1. The second kappa shape index (κ2) is 5.17. The van der Waals surface area contributed by atoms with E-state index in [-0.39, 0.29) is 0 Å². The fourth-order valence-electron chi connectivity index (χ4n) is 3.26. The SMILES string of the molecule is Cc1nc(Br)ccc1NC1CCN2CCCC2C1. The van der Waals surface area contributed by atoms with Gasteiger partial charge in [0.25, 0.3) is 0 Å². The molecular formula is C14H20BrN3. The standard InChI is InChI=1S/C14H20BrN3/c1-10-13(4-5-14(15)16-10)17-11-6-8-18-7-2-3-12(18)9-11/h4-5,11-12,17H,2-3,6-9H2,1H3. The second-order valence-corrected chi connectivity index (χ2v) is 6.28. The smallest absolute Gasteiger partial charge is 0.106 e. The summed E-state index contributed by atoms with van der Waals surface area (Å²) >= 11 is 3.41. The van der Waals surface area contributed by atoms with Crippen molar-refractivity contribution in [1.29, 1.82) is 0 Å². The zero-order valence-corrected chi connectivity index (χ0v) is 12.4. The van der Waals surface area contributed by atoms with E-state index in [0.717, 1.165) is 16.3 Å². The van der Waals surface area contributed by atoms with Crippen LogP contribution in [0.4, 0.5) is 5.69 Å². The molecule has 2 unspecified atom stereocenters. The van der Waals surface area contributed by atoms with E-state index in [0.29, 0.717) is 6.04 Å². The molecule has 3 heterocycles. The molecule has 98 valence electrons. The van der Waals surface area contributed by atoms with Crippen LogP contribution in [0.15, 0.2) is 16.7 Å². The van der Waals surface area contributed by atoms with E-state index in [1.807, 2.05) is 6.07 Å². The van der Waals surface area contributed by atoms with Crippen molar-refractivity contribution in [2.45, 2.75) is 44.7 Å². The van der Waals surface area contributed by atoms with E-state index in [4.69, 9.17) is 0 Å². The summed E-state index contributed by atoms with van der Waals surface area (Å²) in [6.45, 7) is 4.64. The van der Waals surface area contributed by atoms with Gasteiger partial charge in [-0.3, -0.25) is 0 Å². The van der Waals surface area contributed by atoms with Crippen LogP contribution in [0.5, 0.6) is 0 Å². The Bertz CT molecular complexity index is 435. The Morgan fingerprint density at radius 1 is 1.33 bits per heavy atom. The third-order valence-corrected chi connectivity index (χ3v) is 4.67. The van der Waals surface area contributed by atoms with Crippen LogP contribution in [-0.2, 0) is 0 Å². The first-order valence-electron chi connectivity index (χ1n) is 6.86.